The van der Waals surface area contributed by atoms with E-state index in [1.54, 1.807) is 0 Å². The van der Waals surface area contributed by atoms with Crippen molar-refractivity contribution >= 4 is 12.6 Å². The van der Waals surface area contributed by atoms with Crippen molar-refractivity contribution in [3.63, 3.8) is 0 Å². The first-order valence-electron chi connectivity index (χ1n) is 4.92. The summed E-state index contributed by atoms with van der Waals surface area (Å²) in [5.74, 6) is 0.849. The van der Waals surface area contributed by atoms with Crippen LogP contribution < -0.4 is 0 Å². The molecule has 1 rings (SSSR count). The van der Waals surface area contributed by atoms with Crippen LogP contribution in [-0.4, -0.2) is 54.8 Å². The minimum atomic E-state index is 0.684. The lowest BCUT2D eigenvalue weighted by molar-refractivity contribution is 0.112. The zero-order chi connectivity index (χ0) is 9.68. The van der Waals surface area contributed by atoms with Crippen molar-refractivity contribution in [2.24, 2.45) is 0 Å². The normalized spacial score (nSPS) is 27.2. The molecule has 0 aromatic carbocycles. The average molecular weight is 200 g/mol. The first kappa shape index (κ1) is 11.1. The SMILES string of the molecule is CC1CN(C)CCN1C/C=C/CS. The molecule has 1 heterocycles. The van der Waals surface area contributed by atoms with Crippen LogP contribution in [0.15, 0.2) is 12.2 Å². The van der Waals surface area contributed by atoms with Crippen LogP contribution in [0.5, 0.6) is 0 Å². The monoisotopic (exact) mass is 200 g/mol. The van der Waals surface area contributed by atoms with E-state index in [9.17, 15) is 0 Å². The molecule has 0 bridgehead atoms. The molecule has 0 aliphatic carbocycles. The molecular formula is C10H20N2S. The van der Waals surface area contributed by atoms with Crippen LogP contribution in [0.25, 0.3) is 0 Å². The van der Waals surface area contributed by atoms with Gasteiger partial charge in [-0.15, -0.1) is 0 Å². The molecule has 0 aromatic heterocycles. The second-order valence-electron chi connectivity index (χ2n) is 3.76. The van der Waals surface area contributed by atoms with Gasteiger partial charge in [0.1, 0.15) is 0 Å². The maximum atomic E-state index is 4.14. The molecule has 1 saturated heterocycles. The first-order valence-corrected chi connectivity index (χ1v) is 5.55. The lowest BCUT2D eigenvalue weighted by atomic mass is 10.2. The summed E-state index contributed by atoms with van der Waals surface area (Å²) in [4.78, 5) is 4.91. The minimum Gasteiger partial charge on any atom is -0.304 e. The minimum absolute atomic E-state index is 0.684. The molecule has 1 atom stereocenters. The molecular weight excluding hydrogens is 180 g/mol. The Hall–Kier alpha value is 0.01000. The molecule has 2 nitrogen and oxygen atoms in total. The Bertz CT molecular complexity index is 170. The van der Waals surface area contributed by atoms with E-state index in [2.05, 4.69) is 48.6 Å². The summed E-state index contributed by atoms with van der Waals surface area (Å²) in [6.07, 6.45) is 4.34. The molecule has 1 aliphatic rings. The molecule has 0 spiro atoms. The zero-order valence-corrected chi connectivity index (χ0v) is 9.50. The summed E-state index contributed by atoms with van der Waals surface area (Å²) in [6, 6.07) is 0.684. The quantitative estimate of drug-likeness (QED) is 0.538. The lowest BCUT2D eigenvalue weighted by Gasteiger charge is -2.37. The van der Waals surface area contributed by atoms with Crippen LogP contribution in [0.2, 0.25) is 0 Å². The van der Waals surface area contributed by atoms with Gasteiger partial charge in [-0.1, -0.05) is 12.2 Å². The van der Waals surface area contributed by atoms with Crippen molar-refractivity contribution < 1.29 is 0 Å². The fourth-order valence-electron chi connectivity index (χ4n) is 1.73. The molecule has 1 unspecified atom stereocenters. The Morgan fingerprint density at radius 1 is 1.38 bits per heavy atom. The smallest absolute Gasteiger partial charge is 0.0198 e. The van der Waals surface area contributed by atoms with Crippen LogP contribution in [0.1, 0.15) is 6.92 Å². The fourth-order valence-corrected chi connectivity index (χ4v) is 1.88. The van der Waals surface area contributed by atoms with E-state index in [-0.39, 0.29) is 0 Å². The highest BCUT2D eigenvalue weighted by atomic mass is 32.1. The van der Waals surface area contributed by atoms with E-state index in [1.165, 1.54) is 19.6 Å². The van der Waals surface area contributed by atoms with Gasteiger partial charge in [0.15, 0.2) is 0 Å². The number of rotatable bonds is 3. The van der Waals surface area contributed by atoms with Gasteiger partial charge in [0, 0.05) is 38.0 Å². The predicted molar refractivity (Wildman–Crippen MR) is 61.5 cm³/mol. The van der Waals surface area contributed by atoms with Crippen LogP contribution in [0, 0.1) is 0 Å². The third kappa shape index (κ3) is 3.71. The average Bonchev–Trinajstić information content (AvgIpc) is 2.09. The number of thiol groups is 1. The topological polar surface area (TPSA) is 6.48 Å². The van der Waals surface area contributed by atoms with Crippen LogP contribution in [-0.2, 0) is 0 Å². The molecule has 0 radical (unpaired) electrons. The summed E-state index contributed by atoms with van der Waals surface area (Å²) in [5.41, 5.74) is 0. The van der Waals surface area contributed by atoms with E-state index in [0.717, 1.165) is 12.3 Å². The predicted octanol–water partition coefficient (Wildman–Crippen LogP) is 1.11. The maximum absolute atomic E-state index is 4.14. The number of nitrogens with zero attached hydrogens (tertiary/aromatic N) is 2. The second-order valence-corrected chi connectivity index (χ2v) is 4.13. The largest absolute Gasteiger partial charge is 0.304 e. The first-order chi connectivity index (χ1) is 6.24. The molecule has 1 fully saturated rings. The fraction of sp³-hybridized carbons (Fsp3) is 0.800. The standard InChI is InChI=1S/C10H20N2S/c1-10-9-11(2)6-7-12(10)5-3-4-8-13/h3-4,10,13H,5-9H2,1-2H3/b4-3+. The Balaban J connectivity index is 2.29. The van der Waals surface area contributed by atoms with Gasteiger partial charge in [0.2, 0.25) is 0 Å². The third-order valence-electron chi connectivity index (χ3n) is 2.58. The molecule has 0 amide bonds. The highest BCUT2D eigenvalue weighted by Crippen LogP contribution is 2.06. The summed E-state index contributed by atoms with van der Waals surface area (Å²) >= 11 is 4.14. The van der Waals surface area contributed by atoms with E-state index in [1.807, 2.05) is 0 Å². The van der Waals surface area contributed by atoms with E-state index < -0.39 is 0 Å². The van der Waals surface area contributed by atoms with Gasteiger partial charge in [-0.3, -0.25) is 4.90 Å². The van der Waals surface area contributed by atoms with Crippen molar-refractivity contribution in [1.29, 1.82) is 0 Å². The lowest BCUT2D eigenvalue weighted by Crippen LogP contribution is -2.50. The Kier molecular flexibility index (Phi) is 4.84. The second kappa shape index (κ2) is 5.68. The molecule has 13 heavy (non-hydrogen) atoms. The van der Waals surface area contributed by atoms with Crippen molar-refractivity contribution in [1.82, 2.24) is 9.80 Å². The Morgan fingerprint density at radius 3 is 2.77 bits per heavy atom. The van der Waals surface area contributed by atoms with Gasteiger partial charge in [-0.25, -0.2) is 0 Å². The molecule has 3 heteroatoms. The van der Waals surface area contributed by atoms with Gasteiger partial charge in [-0.05, 0) is 14.0 Å². The van der Waals surface area contributed by atoms with Gasteiger partial charge >= 0.3 is 0 Å². The van der Waals surface area contributed by atoms with E-state index in [4.69, 9.17) is 0 Å². The van der Waals surface area contributed by atoms with Crippen LogP contribution in [0.4, 0.5) is 0 Å². The van der Waals surface area contributed by atoms with Crippen LogP contribution >= 0.6 is 12.6 Å². The van der Waals surface area contributed by atoms with Crippen molar-refractivity contribution in [2.45, 2.75) is 13.0 Å². The van der Waals surface area contributed by atoms with Gasteiger partial charge in [0.25, 0.3) is 0 Å². The number of hydrogen-bond donors (Lipinski definition) is 1. The van der Waals surface area contributed by atoms with Gasteiger partial charge in [-0.2, -0.15) is 12.6 Å². The Morgan fingerprint density at radius 2 is 2.15 bits per heavy atom. The molecule has 0 aromatic rings. The summed E-state index contributed by atoms with van der Waals surface area (Å²) < 4.78 is 0. The molecule has 76 valence electrons. The van der Waals surface area contributed by atoms with Gasteiger partial charge < -0.3 is 4.90 Å². The zero-order valence-electron chi connectivity index (χ0n) is 8.61. The van der Waals surface area contributed by atoms with Crippen LogP contribution in [0.3, 0.4) is 0 Å². The van der Waals surface area contributed by atoms with E-state index >= 15 is 0 Å². The number of piperazine rings is 1. The van der Waals surface area contributed by atoms with Crippen molar-refractivity contribution in [3.05, 3.63) is 12.2 Å². The Labute approximate surface area is 87.0 Å². The molecule has 0 saturated carbocycles. The highest BCUT2D eigenvalue weighted by molar-refractivity contribution is 7.80. The van der Waals surface area contributed by atoms with Crippen molar-refractivity contribution in [3.8, 4) is 0 Å². The third-order valence-corrected chi connectivity index (χ3v) is 2.79. The van der Waals surface area contributed by atoms with E-state index in [0.29, 0.717) is 6.04 Å². The summed E-state index contributed by atoms with van der Waals surface area (Å²) in [7, 11) is 2.19. The number of likely N-dealkylation sites (N-methyl/N-ethyl adjacent to an activating group) is 1. The summed E-state index contributed by atoms with van der Waals surface area (Å²) in [5, 5.41) is 0. The maximum Gasteiger partial charge on any atom is 0.0198 e. The number of hydrogen-bond acceptors (Lipinski definition) is 3. The molecule has 1 aliphatic heterocycles. The summed E-state index contributed by atoms with van der Waals surface area (Å²) in [6.45, 7) is 6.95. The molecule has 0 N–H and O–H groups in total. The van der Waals surface area contributed by atoms with Crippen molar-refractivity contribution in [2.75, 3.05) is 39.0 Å². The van der Waals surface area contributed by atoms with Gasteiger partial charge in [0.05, 0.1) is 0 Å². The highest BCUT2D eigenvalue weighted by Gasteiger charge is 2.19.